The Morgan fingerprint density at radius 3 is 2.50 bits per heavy atom. The van der Waals surface area contributed by atoms with Gasteiger partial charge in [0.25, 0.3) is 5.91 Å². The molecule has 1 aliphatic carbocycles. The molecule has 0 unspecified atom stereocenters. The largest absolute Gasteiger partial charge is 0.493 e. The molecule has 0 aliphatic heterocycles. The van der Waals surface area contributed by atoms with Crippen molar-refractivity contribution in [3.63, 3.8) is 0 Å². The number of hydrogen-bond donors (Lipinski definition) is 1. The van der Waals surface area contributed by atoms with Crippen molar-refractivity contribution in [1.29, 1.82) is 0 Å². The van der Waals surface area contributed by atoms with Gasteiger partial charge in [0.1, 0.15) is 0 Å². The van der Waals surface area contributed by atoms with Crippen molar-refractivity contribution in [2.75, 3.05) is 20.8 Å². The maximum absolute atomic E-state index is 12.6. The molecule has 3 aromatic rings. The number of carbonyl (C=O) groups excluding carboxylic acids is 1. The van der Waals surface area contributed by atoms with Crippen LogP contribution in [-0.2, 0) is 17.6 Å². The van der Waals surface area contributed by atoms with Gasteiger partial charge < -0.3 is 19.2 Å². The second-order valence-electron chi connectivity index (χ2n) is 6.68. The second kappa shape index (κ2) is 6.50. The molecule has 26 heavy (non-hydrogen) atoms. The standard InChI is InChI=1S/C21H21NO4/c1-24-17-9-5-8-14-10-18(26-19(14)17)20(23)22-13-21(25-2)11-15-6-3-4-7-16(15)12-21/h3-10H,11-13H2,1-2H3,(H,22,23). The molecule has 4 rings (SSSR count). The van der Waals surface area contributed by atoms with Crippen LogP contribution in [0, 0.1) is 0 Å². The molecule has 0 bridgehead atoms. The minimum atomic E-state index is -0.414. The van der Waals surface area contributed by atoms with Gasteiger partial charge in [-0.1, -0.05) is 36.4 Å². The normalized spacial score (nSPS) is 15.0. The van der Waals surface area contributed by atoms with E-state index in [4.69, 9.17) is 13.9 Å². The predicted octanol–water partition coefficient (Wildman–Crippen LogP) is 3.36. The number of benzene rings is 2. The topological polar surface area (TPSA) is 60.7 Å². The summed E-state index contributed by atoms with van der Waals surface area (Å²) in [5.41, 5.74) is 2.72. The zero-order chi connectivity index (χ0) is 18.1. The first-order valence-electron chi connectivity index (χ1n) is 8.61. The summed E-state index contributed by atoms with van der Waals surface area (Å²) in [5, 5.41) is 3.80. The highest BCUT2D eigenvalue weighted by Gasteiger charge is 2.37. The molecule has 1 aromatic heterocycles. The molecule has 1 heterocycles. The van der Waals surface area contributed by atoms with Gasteiger partial charge in [0.2, 0.25) is 0 Å². The van der Waals surface area contributed by atoms with E-state index in [0.717, 1.165) is 18.2 Å². The number of nitrogens with one attached hydrogen (secondary N) is 1. The first-order valence-corrected chi connectivity index (χ1v) is 8.61. The molecule has 2 aromatic carbocycles. The van der Waals surface area contributed by atoms with Crippen LogP contribution in [0.1, 0.15) is 21.7 Å². The quantitative estimate of drug-likeness (QED) is 0.766. The monoisotopic (exact) mass is 351 g/mol. The summed E-state index contributed by atoms with van der Waals surface area (Å²) in [5.74, 6) is 0.628. The highest BCUT2D eigenvalue weighted by Crippen LogP contribution is 2.32. The van der Waals surface area contributed by atoms with E-state index in [9.17, 15) is 4.79 Å². The van der Waals surface area contributed by atoms with Crippen molar-refractivity contribution in [3.8, 4) is 5.75 Å². The van der Waals surface area contributed by atoms with Crippen molar-refractivity contribution in [2.24, 2.45) is 0 Å². The van der Waals surface area contributed by atoms with Crippen molar-refractivity contribution < 1.29 is 18.7 Å². The summed E-state index contributed by atoms with van der Waals surface area (Å²) in [6, 6.07) is 15.6. The van der Waals surface area contributed by atoms with Crippen LogP contribution < -0.4 is 10.1 Å². The highest BCUT2D eigenvalue weighted by molar-refractivity contribution is 5.97. The van der Waals surface area contributed by atoms with Gasteiger partial charge in [0, 0.05) is 31.9 Å². The third-order valence-electron chi connectivity index (χ3n) is 5.10. The molecule has 1 amide bonds. The lowest BCUT2D eigenvalue weighted by Gasteiger charge is -2.27. The van der Waals surface area contributed by atoms with E-state index in [1.165, 1.54) is 11.1 Å². The van der Waals surface area contributed by atoms with E-state index in [1.54, 1.807) is 20.3 Å². The van der Waals surface area contributed by atoms with Crippen LogP contribution in [0.15, 0.2) is 52.9 Å². The predicted molar refractivity (Wildman–Crippen MR) is 98.7 cm³/mol. The van der Waals surface area contributed by atoms with Crippen molar-refractivity contribution >= 4 is 16.9 Å². The van der Waals surface area contributed by atoms with Crippen molar-refractivity contribution in [2.45, 2.75) is 18.4 Å². The number of para-hydroxylation sites is 1. The molecule has 1 aliphatic rings. The van der Waals surface area contributed by atoms with Gasteiger partial charge in [0.05, 0.1) is 12.7 Å². The van der Waals surface area contributed by atoms with Gasteiger partial charge in [-0.25, -0.2) is 0 Å². The molecular formula is C21H21NO4. The second-order valence-corrected chi connectivity index (χ2v) is 6.68. The summed E-state index contributed by atoms with van der Waals surface area (Å²) >= 11 is 0. The Hall–Kier alpha value is -2.79. The number of amides is 1. The van der Waals surface area contributed by atoms with E-state index in [1.807, 2.05) is 30.3 Å². The molecular weight excluding hydrogens is 330 g/mol. The first-order chi connectivity index (χ1) is 12.6. The molecule has 0 saturated heterocycles. The lowest BCUT2D eigenvalue weighted by molar-refractivity contribution is -0.00000690. The molecule has 1 N–H and O–H groups in total. The molecule has 5 heteroatoms. The summed E-state index contributed by atoms with van der Waals surface area (Å²) in [6.45, 7) is 0.422. The SMILES string of the molecule is COc1cccc2cc(C(=O)NCC3(OC)Cc4ccccc4C3)oc12. The number of methoxy groups -OCH3 is 2. The van der Waals surface area contributed by atoms with Crippen molar-refractivity contribution in [3.05, 3.63) is 65.4 Å². The lowest BCUT2D eigenvalue weighted by atomic mass is 10.00. The van der Waals surface area contributed by atoms with E-state index in [2.05, 4.69) is 17.4 Å². The highest BCUT2D eigenvalue weighted by atomic mass is 16.5. The third kappa shape index (κ3) is 2.84. The average molecular weight is 351 g/mol. The van der Waals surface area contributed by atoms with Crippen LogP contribution in [-0.4, -0.2) is 32.3 Å². The first kappa shape index (κ1) is 16.7. The molecule has 0 fully saturated rings. The molecule has 0 atom stereocenters. The summed E-state index contributed by atoms with van der Waals surface area (Å²) in [6.07, 6.45) is 1.57. The Bertz CT molecular complexity index is 935. The fourth-order valence-corrected chi connectivity index (χ4v) is 3.64. The number of ether oxygens (including phenoxy) is 2. The van der Waals surface area contributed by atoms with E-state index >= 15 is 0 Å². The van der Waals surface area contributed by atoms with Crippen LogP contribution in [0.2, 0.25) is 0 Å². The molecule has 5 nitrogen and oxygen atoms in total. The fraction of sp³-hybridized carbons (Fsp3) is 0.286. The summed E-state index contributed by atoms with van der Waals surface area (Å²) < 4.78 is 16.8. The Morgan fingerprint density at radius 2 is 1.85 bits per heavy atom. The Balaban J connectivity index is 1.50. The van der Waals surface area contributed by atoms with Gasteiger partial charge in [-0.05, 0) is 23.3 Å². The van der Waals surface area contributed by atoms with E-state index < -0.39 is 5.60 Å². The third-order valence-corrected chi connectivity index (χ3v) is 5.10. The van der Waals surface area contributed by atoms with Crippen LogP contribution in [0.25, 0.3) is 11.0 Å². The van der Waals surface area contributed by atoms with Crippen LogP contribution in [0.5, 0.6) is 5.75 Å². The number of rotatable bonds is 5. The maximum atomic E-state index is 12.6. The van der Waals surface area contributed by atoms with Gasteiger partial charge in [-0.2, -0.15) is 0 Å². The Morgan fingerprint density at radius 1 is 1.12 bits per heavy atom. The van der Waals surface area contributed by atoms with Gasteiger partial charge in [-0.3, -0.25) is 4.79 Å². The van der Waals surface area contributed by atoms with Crippen LogP contribution in [0.3, 0.4) is 0 Å². The number of carbonyl (C=O) groups is 1. The summed E-state index contributed by atoms with van der Waals surface area (Å²) in [7, 11) is 3.28. The maximum Gasteiger partial charge on any atom is 0.287 e. The summed E-state index contributed by atoms with van der Waals surface area (Å²) in [4.78, 5) is 12.6. The Labute approximate surface area is 151 Å². The van der Waals surface area contributed by atoms with Gasteiger partial charge >= 0.3 is 0 Å². The van der Waals surface area contributed by atoms with Crippen LogP contribution in [0.4, 0.5) is 0 Å². The van der Waals surface area contributed by atoms with Gasteiger partial charge in [0.15, 0.2) is 17.1 Å². The van der Waals surface area contributed by atoms with E-state index in [-0.39, 0.29) is 11.7 Å². The Kier molecular flexibility index (Phi) is 4.17. The zero-order valence-corrected chi connectivity index (χ0v) is 14.9. The van der Waals surface area contributed by atoms with Crippen LogP contribution >= 0.6 is 0 Å². The molecule has 0 saturated carbocycles. The molecule has 134 valence electrons. The minimum absolute atomic E-state index is 0.254. The lowest BCUT2D eigenvalue weighted by Crippen LogP contribution is -2.45. The molecule has 0 spiro atoms. The number of furan rings is 1. The minimum Gasteiger partial charge on any atom is -0.493 e. The van der Waals surface area contributed by atoms with Gasteiger partial charge in [-0.15, -0.1) is 0 Å². The number of fused-ring (bicyclic) bond motifs is 2. The molecule has 0 radical (unpaired) electrons. The zero-order valence-electron chi connectivity index (χ0n) is 14.9. The fourth-order valence-electron chi connectivity index (χ4n) is 3.64. The average Bonchev–Trinajstić information content (AvgIpc) is 3.27. The van der Waals surface area contributed by atoms with Crippen molar-refractivity contribution in [1.82, 2.24) is 5.32 Å². The van der Waals surface area contributed by atoms with E-state index in [0.29, 0.717) is 17.9 Å². The number of hydrogen-bond acceptors (Lipinski definition) is 4. The smallest absolute Gasteiger partial charge is 0.287 e.